The Morgan fingerprint density at radius 2 is 1.77 bits per heavy atom. The van der Waals surface area contributed by atoms with Gasteiger partial charge in [-0.05, 0) is 6.42 Å². The van der Waals surface area contributed by atoms with E-state index >= 15 is 0 Å². The van der Waals surface area contributed by atoms with E-state index in [0.29, 0.717) is 27.9 Å². The molecule has 1 heterocycles. The van der Waals surface area contributed by atoms with Gasteiger partial charge in [-0.3, -0.25) is 10.1 Å². The van der Waals surface area contributed by atoms with Crippen LogP contribution in [0.3, 0.4) is 0 Å². The molecule has 0 saturated heterocycles. The fourth-order valence-corrected chi connectivity index (χ4v) is 2.69. The van der Waals surface area contributed by atoms with Crippen molar-refractivity contribution in [2.24, 2.45) is 0 Å². The predicted molar refractivity (Wildman–Crippen MR) is 85.5 cm³/mol. The van der Waals surface area contributed by atoms with Crippen molar-refractivity contribution in [1.82, 2.24) is 4.98 Å². The third-order valence-corrected chi connectivity index (χ3v) is 3.89. The van der Waals surface area contributed by atoms with E-state index in [-0.39, 0.29) is 5.91 Å². The summed E-state index contributed by atoms with van der Waals surface area (Å²) in [6.07, 6.45) is 0.825. The molecule has 0 unspecified atom stereocenters. The van der Waals surface area contributed by atoms with Crippen molar-refractivity contribution in [1.29, 1.82) is 0 Å². The fourth-order valence-electron chi connectivity index (χ4n) is 1.90. The Morgan fingerprint density at radius 1 is 1.14 bits per heavy atom. The molecule has 0 aliphatic heterocycles. The van der Waals surface area contributed by atoms with Crippen molar-refractivity contribution in [3.63, 3.8) is 0 Å². The molecule has 0 spiro atoms. The maximum absolute atomic E-state index is 12.4. The monoisotopic (exact) mass is 322 g/mol. The molecule has 0 radical (unpaired) electrons. The van der Waals surface area contributed by atoms with Gasteiger partial charge in [0.05, 0.1) is 32.6 Å². The normalized spacial score (nSPS) is 10.2. The van der Waals surface area contributed by atoms with Crippen LogP contribution in [0.15, 0.2) is 17.5 Å². The fraction of sp³-hybridized carbons (Fsp3) is 0.333. The van der Waals surface area contributed by atoms with Gasteiger partial charge in [-0.25, -0.2) is 4.98 Å². The Balaban J connectivity index is 2.31. The van der Waals surface area contributed by atoms with E-state index in [1.807, 2.05) is 12.3 Å². The minimum atomic E-state index is -0.310. The zero-order valence-corrected chi connectivity index (χ0v) is 13.7. The van der Waals surface area contributed by atoms with Gasteiger partial charge < -0.3 is 14.2 Å². The largest absolute Gasteiger partial charge is 0.496 e. The third kappa shape index (κ3) is 3.30. The van der Waals surface area contributed by atoms with Gasteiger partial charge in [0.15, 0.2) is 16.6 Å². The summed E-state index contributed by atoms with van der Waals surface area (Å²) in [5.41, 5.74) is 1.30. The van der Waals surface area contributed by atoms with Crippen LogP contribution in [0.2, 0.25) is 0 Å². The molecule has 0 aliphatic rings. The molecule has 1 aromatic heterocycles. The first kappa shape index (κ1) is 16.1. The van der Waals surface area contributed by atoms with Gasteiger partial charge in [-0.2, -0.15) is 0 Å². The number of nitrogens with one attached hydrogen (secondary N) is 1. The van der Waals surface area contributed by atoms with Crippen LogP contribution in [-0.2, 0) is 6.42 Å². The number of thiazole rings is 1. The summed E-state index contributed by atoms with van der Waals surface area (Å²) < 4.78 is 15.7. The zero-order chi connectivity index (χ0) is 16.1. The smallest absolute Gasteiger partial charge is 0.261 e. The summed E-state index contributed by atoms with van der Waals surface area (Å²) in [5.74, 6) is 1.05. The number of carbonyl (C=O) groups excluding carboxylic acids is 1. The molecule has 2 rings (SSSR count). The summed E-state index contributed by atoms with van der Waals surface area (Å²) in [6, 6.07) is 3.20. The Hall–Kier alpha value is -2.28. The van der Waals surface area contributed by atoms with Crippen LogP contribution in [0, 0.1) is 0 Å². The Kier molecular flexibility index (Phi) is 5.21. The molecule has 22 heavy (non-hydrogen) atoms. The molecule has 7 heteroatoms. The number of anilines is 1. The number of amides is 1. The molecule has 0 saturated carbocycles. The first-order valence-corrected chi connectivity index (χ1v) is 7.56. The van der Waals surface area contributed by atoms with Crippen LogP contribution < -0.4 is 19.5 Å². The lowest BCUT2D eigenvalue weighted by atomic mass is 10.1. The Labute approximate surface area is 133 Å². The second-order valence-electron chi connectivity index (χ2n) is 4.36. The van der Waals surface area contributed by atoms with Gasteiger partial charge in [0.2, 0.25) is 0 Å². The zero-order valence-electron chi connectivity index (χ0n) is 12.9. The third-order valence-electron chi connectivity index (χ3n) is 3.08. The van der Waals surface area contributed by atoms with E-state index in [1.165, 1.54) is 32.7 Å². The van der Waals surface area contributed by atoms with Crippen LogP contribution in [0.5, 0.6) is 17.2 Å². The topological polar surface area (TPSA) is 69.7 Å². The molecule has 2 aromatic rings. The number of hydrogen-bond acceptors (Lipinski definition) is 6. The minimum Gasteiger partial charge on any atom is -0.496 e. The standard InChI is InChI=1S/C15H18N2O4S/c1-5-9-8-22-15(16-9)17-14(18)10-6-12(20-3)13(21-4)7-11(10)19-2/h6-8H,5H2,1-4H3,(H,16,17,18). The van der Waals surface area contributed by atoms with E-state index in [9.17, 15) is 4.79 Å². The highest BCUT2D eigenvalue weighted by Gasteiger charge is 2.18. The lowest BCUT2D eigenvalue weighted by Gasteiger charge is -2.13. The molecular formula is C15H18N2O4S. The van der Waals surface area contributed by atoms with Crippen molar-refractivity contribution >= 4 is 22.4 Å². The van der Waals surface area contributed by atoms with Gasteiger partial charge in [-0.1, -0.05) is 6.92 Å². The summed E-state index contributed by atoms with van der Waals surface area (Å²) >= 11 is 1.39. The number of aryl methyl sites for hydroxylation is 1. The van der Waals surface area contributed by atoms with Crippen LogP contribution in [-0.4, -0.2) is 32.2 Å². The van der Waals surface area contributed by atoms with Gasteiger partial charge in [0, 0.05) is 17.5 Å². The summed E-state index contributed by atoms with van der Waals surface area (Å²) in [5, 5.41) is 5.24. The second-order valence-corrected chi connectivity index (χ2v) is 5.22. The summed E-state index contributed by atoms with van der Waals surface area (Å²) in [6.45, 7) is 2.01. The van der Waals surface area contributed by atoms with Crippen LogP contribution in [0.1, 0.15) is 23.0 Å². The van der Waals surface area contributed by atoms with Crippen LogP contribution in [0.25, 0.3) is 0 Å². The number of benzene rings is 1. The number of nitrogens with zero attached hydrogens (tertiary/aromatic N) is 1. The summed E-state index contributed by atoms with van der Waals surface area (Å²) in [7, 11) is 4.54. The average molecular weight is 322 g/mol. The molecule has 0 fully saturated rings. The van der Waals surface area contributed by atoms with Crippen molar-refractivity contribution in [2.45, 2.75) is 13.3 Å². The molecule has 6 nitrogen and oxygen atoms in total. The van der Waals surface area contributed by atoms with Gasteiger partial charge in [0.1, 0.15) is 5.75 Å². The highest BCUT2D eigenvalue weighted by molar-refractivity contribution is 7.14. The first-order chi connectivity index (χ1) is 10.6. The summed E-state index contributed by atoms with van der Waals surface area (Å²) in [4.78, 5) is 16.8. The van der Waals surface area contributed by atoms with Gasteiger partial charge in [0.25, 0.3) is 5.91 Å². The molecule has 1 aromatic carbocycles. The van der Waals surface area contributed by atoms with Crippen LogP contribution >= 0.6 is 11.3 Å². The van der Waals surface area contributed by atoms with E-state index in [4.69, 9.17) is 14.2 Å². The Morgan fingerprint density at radius 3 is 2.32 bits per heavy atom. The predicted octanol–water partition coefficient (Wildman–Crippen LogP) is 2.98. The van der Waals surface area contributed by atoms with Crippen LogP contribution in [0.4, 0.5) is 5.13 Å². The van der Waals surface area contributed by atoms with E-state index in [1.54, 1.807) is 12.1 Å². The van der Waals surface area contributed by atoms with Crippen molar-refractivity contribution in [3.05, 3.63) is 28.8 Å². The van der Waals surface area contributed by atoms with Gasteiger partial charge in [-0.15, -0.1) is 11.3 Å². The van der Waals surface area contributed by atoms with Crippen molar-refractivity contribution < 1.29 is 19.0 Å². The quantitative estimate of drug-likeness (QED) is 0.885. The molecule has 1 amide bonds. The lowest BCUT2D eigenvalue weighted by molar-refractivity contribution is 0.102. The van der Waals surface area contributed by atoms with Crippen molar-refractivity contribution in [3.8, 4) is 17.2 Å². The number of hydrogen-bond donors (Lipinski definition) is 1. The number of ether oxygens (including phenoxy) is 3. The molecule has 118 valence electrons. The second kappa shape index (κ2) is 7.13. The molecule has 0 atom stereocenters. The number of rotatable bonds is 6. The number of aromatic nitrogens is 1. The van der Waals surface area contributed by atoms with E-state index in [2.05, 4.69) is 10.3 Å². The number of carbonyl (C=O) groups is 1. The number of methoxy groups -OCH3 is 3. The van der Waals surface area contributed by atoms with Gasteiger partial charge >= 0.3 is 0 Å². The molecule has 0 aliphatic carbocycles. The highest BCUT2D eigenvalue weighted by Crippen LogP contribution is 2.35. The lowest BCUT2D eigenvalue weighted by Crippen LogP contribution is -2.13. The van der Waals surface area contributed by atoms with E-state index in [0.717, 1.165) is 12.1 Å². The van der Waals surface area contributed by atoms with Crippen molar-refractivity contribution in [2.75, 3.05) is 26.6 Å². The minimum absolute atomic E-state index is 0.310. The SMILES string of the molecule is CCc1csc(NC(=O)c2cc(OC)c(OC)cc2OC)n1. The highest BCUT2D eigenvalue weighted by atomic mass is 32.1. The first-order valence-electron chi connectivity index (χ1n) is 6.68. The maximum atomic E-state index is 12.4. The van der Waals surface area contributed by atoms with E-state index < -0.39 is 0 Å². The molecular weight excluding hydrogens is 304 g/mol. The molecule has 0 bridgehead atoms. The average Bonchev–Trinajstić information content (AvgIpc) is 3.00. The maximum Gasteiger partial charge on any atom is 0.261 e. The molecule has 1 N–H and O–H groups in total. The Bertz CT molecular complexity index is 670.